The number of rotatable bonds is 9. The summed E-state index contributed by atoms with van der Waals surface area (Å²) in [5.41, 5.74) is 8.65. The van der Waals surface area contributed by atoms with Crippen LogP contribution in [0.25, 0.3) is 0 Å². The molecule has 0 spiro atoms. The van der Waals surface area contributed by atoms with E-state index in [1.54, 1.807) is 4.90 Å². The number of carbonyl (C=O) groups is 2. The Balaban J connectivity index is 2.01. The Labute approximate surface area is 161 Å². The summed E-state index contributed by atoms with van der Waals surface area (Å²) in [4.78, 5) is 25.4. The van der Waals surface area contributed by atoms with Crippen LogP contribution in [0, 0.1) is 6.92 Å². The van der Waals surface area contributed by atoms with Crippen LogP contribution in [-0.2, 0) is 16.1 Å². The van der Waals surface area contributed by atoms with E-state index in [9.17, 15) is 9.59 Å². The van der Waals surface area contributed by atoms with Crippen LogP contribution in [0.5, 0.6) is 5.75 Å². The first-order valence-electron chi connectivity index (χ1n) is 9.20. The van der Waals surface area contributed by atoms with E-state index in [1.807, 2.05) is 55.5 Å². The van der Waals surface area contributed by atoms with Gasteiger partial charge in [0.1, 0.15) is 5.75 Å². The predicted octanol–water partition coefficient (Wildman–Crippen LogP) is 3.40. The minimum absolute atomic E-state index is 0.0773. The van der Waals surface area contributed by atoms with Gasteiger partial charge in [0.05, 0.1) is 0 Å². The molecule has 2 N–H and O–H groups in total. The summed E-state index contributed by atoms with van der Waals surface area (Å²) in [7, 11) is 0. The molecule has 0 aliphatic carbocycles. The van der Waals surface area contributed by atoms with Crippen molar-refractivity contribution in [2.75, 3.05) is 13.2 Å². The van der Waals surface area contributed by atoms with Crippen molar-refractivity contribution in [1.82, 2.24) is 4.90 Å². The van der Waals surface area contributed by atoms with Gasteiger partial charge < -0.3 is 15.4 Å². The van der Waals surface area contributed by atoms with E-state index in [1.165, 1.54) is 5.56 Å². The number of ether oxygens (including phenoxy) is 1. The molecular weight excluding hydrogens is 340 g/mol. The Hall–Kier alpha value is -2.82. The lowest BCUT2D eigenvalue weighted by Crippen LogP contribution is -2.36. The number of primary amides is 1. The summed E-state index contributed by atoms with van der Waals surface area (Å²) < 4.78 is 5.70. The second-order valence-corrected chi connectivity index (χ2v) is 6.98. The number of hydrogen-bond acceptors (Lipinski definition) is 3. The van der Waals surface area contributed by atoms with E-state index >= 15 is 0 Å². The first-order valence-corrected chi connectivity index (χ1v) is 9.20. The topological polar surface area (TPSA) is 72.6 Å². The molecule has 5 nitrogen and oxygen atoms in total. The molecule has 2 amide bonds. The van der Waals surface area contributed by atoms with E-state index in [2.05, 4.69) is 13.8 Å². The van der Waals surface area contributed by atoms with Crippen molar-refractivity contribution in [3.05, 3.63) is 65.2 Å². The lowest BCUT2D eigenvalue weighted by Gasteiger charge is -2.22. The summed E-state index contributed by atoms with van der Waals surface area (Å²) in [6.45, 7) is 6.95. The SMILES string of the molecule is Cc1cc(OCC(=O)N(CCC(N)=O)Cc2ccccc2)ccc1C(C)C. The fraction of sp³-hybridized carbons (Fsp3) is 0.364. The second-order valence-electron chi connectivity index (χ2n) is 6.98. The minimum Gasteiger partial charge on any atom is -0.484 e. The van der Waals surface area contributed by atoms with Crippen molar-refractivity contribution in [3.8, 4) is 5.75 Å². The monoisotopic (exact) mass is 368 g/mol. The Bertz CT molecular complexity index is 772. The van der Waals surface area contributed by atoms with Crippen LogP contribution in [0.4, 0.5) is 0 Å². The Kier molecular flexibility index (Phi) is 7.41. The van der Waals surface area contributed by atoms with Gasteiger partial charge in [-0.2, -0.15) is 0 Å². The third kappa shape index (κ3) is 6.44. The summed E-state index contributed by atoms with van der Waals surface area (Å²) >= 11 is 0. The number of hydrogen-bond donors (Lipinski definition) is 1. The van der Waals surface area contributed by atoms with Gasteiger partial charge in [-0.3, -0.25) is 9.59 Å². The molecule has 2 aromatic rings. The maximum absolute atomic E-state index is 12.6. The van der Waals surface area contributed by atoms with Gasteiger partial charge in [-0.1, -0.05) is 50.2 Å². The maximum Gasteiger partial charge on any atom is 0.260 e. The number of carbonyl (C=O) groups excluding carboxylic acids is 2. The Morgan fingerprint density at radius 3 is 2.41 bits per heavy atom. The van der Waals surface area contributed by atoms with Gasteiger partial charge in [-0.25, -0.2) is 0 Å². The summed E-state index contributed by atoms with van der Waals surface area (Å²) in [5.74, 6) is 0.503. The lowest BCUT2D eigenvalue weighted by molar-refractivity contribution is -0.134. The highest BCUT2D eigenvalue weighted by atomic mass is 16.5. The van der Waals surface area contributed by atoms with Crippen LogP contribution < -0.4 is 10.5 Å². The van der Waals surface area contributed by atoms with Gasteiger partial charge in [-0.15, -0.1) is 0 Å². The zero-order valence-electron chi connectivity index (χ0n) is 16.3. The van der Waals surface area contributed by atoms with E-state index in [4.69, 9.17) is 10.5 Å². The quantitative estimate of drug-likeness (QED) is 0.737. The van der Waals surface area contributed by atoms with Crippen LogP contribution in [0.15, 0.2) is 48.5 Å². The first kappa shape index (κ1) is 20.5. The molecule has 0 aliphatic heterocycles. The van der Waals surface area contributed by atoms with Gasteiger partial charge >= 0.3 is 0 Å². The van der Waals surface area contributed by atoms with Gasteiger partial charge in [0.25, 0.3) is 5.91 Å². The van der Waals surface area contributed by atoms with Crippen LogP contribution in [-0.4, -0.2) is 29.9 Å². The average molecular weight is 368 g/mol. The highest BCUT2D eigenvalue weighted by Gasteiger charge is 2.16. The molecule has 0 radical (unpaired) electrons. The van der Waals surface area contributed by atoms with Gasteiger partial charge in [0.15, 0.2) is 6.61 Å². The number of benzene rings is 2. The van der Waals surface area contributed by atoms with E-state index in [0.29, 0.717) is 18.2 Å². The fourth-order valence-corrected chi connectivity index (χ4v) is 2.96. The molecule has 0 bridgehead atoms. The lowest BCUT2D eigenvalue weighted by atomic mass is 9.98. The molecule has 0 heterocycles. The molecular formula is C22H28N2O3. The molecule has 144 valence electrons. The molecule has 27 heavy (non-hydrogen) atoms. The zero-order valence-corrected chi connectivity index (χ0v) is 16.3. The molecule has 0 aliphatic rings. The summed E-state index contributed by atoms with van der Waals surface area (Å²) in [6, 6.07) is 15.5. The van der Waals surface area contributed by atoms with Crippen molar-refractivity contribution in [3.63, 3.8) is 0 Å². The van der Waals surface area contributed by atoms with Gasteiger partial charge in [0.2, 0.25) is 5.91 Å². The van der Waals surface area contributed by atoms with Gasteiger partial charge in [0, 0.05) is 19.5 Å². The van der Waals surface area contributed by atoms with E-state index < -0.39 is 5.91 Å². The van der Waals surface area contributed by atoms with Crippen LogP contribution in [0.3, 0.4) is 0 Å². The van der Waals surface area contributed by atoms with E-state index in [0.717, 1.165) is 11.1 Å². The third-order valence-electron chi connectivity index (χ3n) is 4.42. The normalized spacial score (nSPS) is 10.7. The fourth-order valence-electron chi connectivity index (χ4n) is 2.96. The zero-order chi connectivity index (χ0) is 19.8. The molecule has 0 unspecified atom stereocenters. The largest absolute Gasteiger partial charge is 0.484 e. The van der Waals surface area contributed by atoms with Crippen molar-refractivity contribution in [2.45, 2.75) is 39.7 Å². The van der Waals surface area contributed by atoms with Crippen LogP contribution in [0.2, 0.25) is 0 Å². The minimum atomic E-state index is -0.429. The molecule has 0 aromatic heterocycles. The average Bonchev–Trinajstić information content (AvgIpc) is 2.63. The Morgan fingerprint density at radius 1 is 1.11 bits per heavy atom. The Morgan fingerprint density at radius 2 is 1.81 bits per heavy atom. The third-order valence-corrected chi connectivity index (χ3v) is 4.42. The summed E-state index contributed by atoms with van der Waals surface area (Å²) in [5, 5.41) is 0. The standard InChI is InChI=1S/C22H28N2O3/c1-16(2)20-10-9-19(13-17(20)3)27-15-22(26)24(12-11-21(23)25)14-18-7-5-4-6-8-18/h4-10,13,16H,11-12,14-15H2,1-3H3,(H2,23,25). The number of nitrogens with two attached hydrogens (primary N) is 1. The molecule has 0 saturated heterocycles. The smallest absolute Gasteiger partial charge is 0.260 e. The highest BCUT2D eigenvalue weighted by Crippen LogP contribution is 2.23. The molecule has 0 atom stereocenters. The number of nitrogens with zero attached hydrogens (tertiary/aromatic N) is 1. The molecule has 0 fully saturated rings. The highest BCUT2D eigenvalue weighted by molar-refractivity contribution is 5.79. The number of amides is 2. The van der Waals surface area contributed by atoms with Crippen LogP contribution in [0.1, 0.15) is 42.9 Å². The molecule has 2 rings (SSSR count). The maximum atomic E-state index is 12.6. The summed E-state index contributed by atoms with van der Waals surface area (Å²) in [6.07, 6.45) is 0.126. The molecule has 0 saturated carbocycles. The van der Waals surface area contributed by atoms with E-state index in [-0.39, 0.29) is 25.5 Å². The predicted molar refractivity (Wildman–Crippen MR) is 106 cm³/mol. The molecule has 2 aromatic carbocycles. The van der Waals surface area contributed by atoms with Crippen molar-refractivity contribution in [2.24, 2.45) is 5.73 Å². The van der Waals surface area contributed by atoms with Crippen LogP contribution >= 0.6 is 0 Å². The first-order chi connectivity index (χ1) is 12.9. The number of aryl methyl sites for hydroxylation is 1. The second kappa shape index (κ2) is 9.76. The van der Waals surface area contributed by atoms with Crippen molar-refractivity contribution >= 4 is 11.8 Å². The van der Waals surface area contributed by atoms with Crippen molar-refractivity contribution in [1.29, 1.82) is 0 Å². The molecule has 5 heteroatoms. The van der Waals surface area contributed by atoms with Crippen molar-refractivity contribution < 1.29 is 14.3 Å². The van der Waals surface area contributed by atoms with Gasteiger partial charge in [-0.05, 0) is 41.7 Å².